The van der Waals surface area contributed by atoms with Crippen LogP contribution in [-0.2, 0) is 0 Å². The summed E-state index contributed by atoms with van der Waals surface area (Å²) < 4.78 is 5.03. The van der Waals surface area contributed by atoms with E-state index in [-0.39, 0.29) is 11.7 Å². The fraction of sp³-hybridized carbons (Fsp3) is 0.176. The second-order valence-corrected chi connectivity index (χ2v) is 4.89. The van der Waals surface area contributed by atoms with Crippen molar-refractivity contribution in [3.63, 3.8) is 0 Å². The molecule has 0 aliphatic heterocycles. The third kappa shape index (κ3) is 3.63. The molecule has 2 aromatic carbocycles. The Bertz CT molecular complexity index is 706. The number of ether oxygens (including phenoxy) is 1. The largest absolute Gasteiger partial charge is 0.507 e. The lowest BCUT2D eigenvalue weighted by Gasteiger charge is -2.07. The highest BCUT2D eigenvalue weighted by Gasteiger charge is 2.08. The number of carbonyl (C=O) groups excluding carboxylic acids is 1. The predicted molar refractivity (Wildman–Crippen MR) is 85.5 cm³/mol. The molecule has 0 fully saturated rings. The van der Waals surface area contributed by atoms with E-state index in [0.29, 0.717) is 22.6 Å². The first-order valence-electron chi connectivity index (χ1n) is 6.80. The van der Waals surface area contributed by atoms with Gasteiger partial charge >= 0.3 is 0 Å². The van der Waals surface area contributed by atoms with Crippen molar-refractivity contribution in [2.45, 2.75) is 13.8 Å². The Morgan fingerprint density at radius 3 is 2.45 bits per heavy atom. The van der Waals surface area contributed by atoms with Crippen molar-refractivity contribution in [1.82, 2.24) is 5.43 Å². The van der Waals surface area contributed by atoms with Crippen molar-refractivity contribution in [1.29, 1.82) is 0 Å². The van der Waals surface area contributed by atoms with E-state index in [0.717, 1.165) is 5.56 Å². The number of methoxy groups -OCH3 is 1. The number of phenols is 1. The number of phenolic OH excluding ortho intramolecular Hbond substituents is 1. The molecule has 0 atom stereocenters. The molecule has 5 heteroatoms. The number of benzene rings is 2. The van der Waals surface area contributed by atoms with Gasteiger partial charge in [0.05, 0.1) is 12.8 Å². The van der Waals surface area contributed by atoms with E-state index < -0.39 is 0 Å². The highest BCUT2D eigenvalue weighted by molar-refractivity contribution is 6.02. The number of rotatable bonds is 4. The molecule has 0 saturated heterocycles. The van der Waals surface area contributed by atoms with Crippen LogP contribution in [0.3, 0.4) is 0 Å². The van der Waals surface area contributed by atoms with Crippen LogP contribution >= 0.6 is 0 Å². The third-order valence-corrected chi connectivity index (χ3v) is 3.23. The van der Waals surface area contributed by atoms with Crippen LogP contribution in [0.15, 0.2) is 47.6 Å². The van der Waals surface area contributed by atoms with Gasteiger partial charge in [-0.2, -0.15) is 5.10 Å². The summed E-state index contributed by atoms with van der Waals surface area (Å²) >= 11 is 0. The first kappa shape index (κ1) is 15.6. The molecule has 2 rings (SSSR count). The van der Waals surface area contributed by atoms with Crippen LogP contribution in [0.5, 0.6) is 11.5 Å². The Labute approximate surface area is 129 Å². The number of hydrogen-bond acceptors (Lipinski definition) is 4. The van der Waals surface area contributed by atoms with Gasteiger partial charge in [0.2, 0.25) is 0 Å². The molecule has 1 amide bonds. The van der Waals surface area contributed by atoms with Gasteiger partial charge in [0.15, 0.2) is 0 Å². The standard InChI is InChI=1S/C17H18N2O3/c1-11-4-6-13(7-5-11)17(21)19-18-12(2)15-9-8-14(22-3)10-16(15)20/h4-10,20H,1-3H3,(H,19,21). The van der Waals surface area contributed by atoms with Crippen LogP contribution in [0.4, 0.5) is 0 Å². The molecule has 0 aromatic heterocycles. The number of amides is 1. The molecule has 0 spiro atoms. The van der Waals surface area contributed by atoms with Crippen LogP contribution in [-0.4, -0.2) is 23.8 Å². The van der Waals surface area contributed by atoms with Crippen LogP contribution in [0.2, 0.25) is 0 Å². The van der Waals surface area contributed by atoms with E-state index in [1.165, 1.54) is 13.2 Å². The van der Waals surface area contributed by atoms with Gasteiger partial charge in [0.1, 0.15) is 11.5 Å². The number of nitrogens with zero attached hydrogens (tertiary/aromatic N) is 1. The van der Waals surface area contributed by atoms with Gasteiger partial charge in [-0.25, -0.2) is 5.43 Å². The maximum atomic E-state index is 12.0. The molecule has 0 saturated carbocycles. The van der Waals surface area contributed by atoms with Gasteiger partial charge in [0.25, 0.3) is 5.91 Å². The second-order valence-electron chi connectivity index (χ2n) is 4.89. The summed E-state index contributed by atoms with van der Waals surface area (Å²) in [5.41, 5.74) is 5.12. The number of nitrogens with one attached hydrogen (secondary N) is 1. The SMILES string of the molecule is COc1ccc(C(C)=NNC(=O)c2ccc(C)cc2)c(O)c1. The minimum atomic E-state index is -0.299. The molecular formula is C17H18N2O3. The van der Waals surface area contributed by atoms with E-state index >= 15 is 0 Å². The molecule has 2 aromatic rings. The molecule has 5 nitrogen and oxygen atoms in total. The zero-order valence-corrected chi connectivity index (χ0v) is 12.8. The van der Waals surface area contributed by atoms with Crippen molar-refractivity contribution in [3.8, 4) is 11.5 Å². The summed E-state index contributed by atoms with van der Waals surface area (Å²) in [5.74, 6) is 0.301. The minimum absolute atomic E-state index is 0.0465. The van der Waals surface area contributed by atoms with Gasteiger partial charge in [-0.1, -0.05) is 17.7 Å². The van der Waals surface area contributed by atoms with Crippen LogP contribution < -0.4 is 10.2 Å². The molecule has 2 N–H and O–H groups in total. The van der Waals surface area contributed by atoms with Gasteiger partial charge in [-0.15, -0.1) is 0 Å². The Kier molecular flexibility index (Phi) is 4.78. The number of aryl methyl sites for hydroxylation is 1. The van der Waals surface area contributed by atoms with E-state index in [9.17, 15) is 9.90 Å². The number of hydrogen-bond donors (Lipinski definition) is 2. The quantitative estimate of drug-likeness (QED) is 0.673. The molecule has 0 aliphatic carbocycles. The van der Waals surface area contributed by atoms with Gasteiger partial charge in [-0.05, 0) is 38.1 Å². The first-order chi connectivity index (χ1) is 10.5. The van der Waals surface area contributed by atoms with Crippen LogP contribution in [0.25, 0.3) is 0 Å². The summed E-state index contributed by atoms with van der Waals surface area (Å²) in [6.07, 6.45) is 0. The summed E-state index contributed by atoms with van der Waals surface area (Å²) in [7, 11) is 1.52. The van der Waals surface area contributed by atoms with Gasteiger partial charge in [-0.3, -0.25) is 4.79 Å². The molecule has 0 bridgehead atoms. The van der Waals surface area contributed by atoms with E-state index in [1.54, 1.807) is 31.2 Å². The number of aromatic hydroxyl groups is 1. The van der Waals surface area contributed by atoms with Crippen LogP contribution in [0, 0.1) is 6.92 Å². The highest BCUT2D eigenvalue weighted by Crippen LogP contribution is 2.23. The molecule has 0 unspecified atom stereocenters. The maximum Gasteiger partial charge on any atom is 0.271 e. The van der Waals surface area contributed by atoms with Crippen molar-refractivity contribution in [3.05, 3.63) is 59.2 Å². The normalized spacial score (nSPS) is 11.1. The van der Waals surface area contributed by atoms with Crippen LogP contribution in [0.1, 0.15) is 28.4 Å². The Hall–Kier alpha value is -2.82. The topological polar surface area (TPSA) is 70.9 Å². The Balaban J connectivity index is 2.12. The lowest BCUT2D eigenvalue weighted by atomic mass is 10.1. The third-order valence-electron chi connectivity index (χ3n) is 3.23. The Morgan fingerprint density at radius 1 is 1.18 bits per heavy atom. The number of hydrazone groups is 1. The van der Waals surface area contributed by atoms with Gasteiger partial charge in [0, 0.05) is 17.2 Å². The summed E-state index contributed by atoms with van der Waals surface area (Å²) in [6.45, 7) is 3.66. The molecule has 0 heterocycles. The molecule has 22 heavy (non-hydrogen) atoms. The predicted octanol–water partition coefficient (Wildman–Crippen LogP) is 2.86. The van der Waals surface area contributed by atoms with Crippen molar-refractivity contribution in [2.24, 2.45) is 5.10 Å². The minimum Gasteiger partial charge on any atom is -0.507 e. The van der Waals surface area contributed by atoms with E-state index in [2.05, 4.69) is 10.5 Å². The summed E-state index contributed by atoms with van der Waals surface area (Å²) in [4.78, 5) is 12.0. The number of carbonyl (C=O) groups is 1. The summed E-state index contributed by atoms with van der Waals surface area (Å²) in [5, 5.41) is 14.0. The van der Waals surface area contributed by atoms with Crippen molar-refractivity contribution >= 4 is 11.6 Å². The molecule has 114 valence electrons. The molecule has 0 radical (unpaired) electrons. The highest BCUT2D eigenvalue weighted by atomic mass is 16.5. The zero-order chi connectivity index (χ0) is 16.1. The average Bonchev–Trinajstić information content (AvgIpc) is 2.52. The lowest BCUT2D eigenvalue weighted by molar-refractivity contribution is 0.0955. The Morgan fingerprint density at radius 2 is 1.86 bits per heavy atom. The first-order valence-corrected chi connectivity index (χ1v) is 6.80. The fourth-order valence-electron chi connectivity index (χ4n) is 1.91. The second kappa shape index (κ2) is 6.76. The maximum absolute atomic E-state index is 12.0. The smallest absolute Gasteiger partial charge is 0.271 e. The average molecular weight is 298 g/mol. The van der Waals surface area contributed by atoms with E-state index in [1.807, 2.05) is 19.1 Å². The van der Waals surface area contributed by atoms with Gasteiger partial charge < -0.3 is 9.84 Å². The monoisotopic (exact) mass is 298 g/mol. The fourth-order valence-corrected chi connectivity index (χ4v) is 1.91. The van der Waals surface area contributed by atoms with Crippen molar-refractivity contribution in [2.75, 3.05) is 7.11 Å². The molecule has 0 aliphatic rings. The zero-order valence-electron chi connectivity index (χ0n) is 12.8. The molecular weight excluding hydrogens is 280 g/mol. The van der Waals surface area contributed by atoms with Crippen molar-refractivity contribution < 1.29 is 14.6 Å². The lowest BCUT2D eigenvalue weighted by Crippen LogP contribution is -2.19. The summed E-state index contributed by atoms with van der Waals surface area (Å²) in [6, 6.07) is 12.1. The van der Waals surface area contributed by atoms with E-state index in [4.69, 9.17) is 4.74 Å².